The smallest absolute Gasteiger partial charge is 0.273 e. The number of hydrogen-bond donors (Lipinski definition) is 3. The molecule has 0 bridgehead atoms. The lowest BCUT2D eigenvalue weighted by atomic mass is 9.99. The Morgan fingerprint density at radius 1 is 1.10 bits per heavy atom. The molecule has 7 heteroatoms. The van der Waals surface area contributed by atoms with Crippen LogP contribution in [0.4, 0.5) is 11.4 Å². The van der Waals surface area contributed by atoms with Gasteiger partial charge in [0.25, 0.3) is 5.91 Å². The largest absolute Gasteiger partial charge is 0.372 e. The predicted octanol–water partition coefficient (Wildman–Crippen LogP) is 3.56. The quantitative estimate of drug-likeness (QED) is 0.605. The molecule has 1 aliphatic heterocycles. The zero-order chi connectivity index (χ0) is 21.1. The molecule has 1 aliphatic rings. The summed E-state index contributed by atoms with van der Waals surface area (Å²) in [6, 6.07) is 14.6. The van der Waals surface area contributed by atoms with Crippen LogP contribution in [-0.4, -0.2) is 41.1 Å². The third kappa shape index (κ3) is 4.30. The maximum Gasteiger partial charge on any atom is 0.273 e. The van der Waals surface area contributed by atoms with E-state index < -0.39 is 6.04 Å². The number of nitrogens with zero attached hydrogens (tertiary/aromatic N) is 2. The lowest BCUT2D eigenvalue weighted by Crippen LogP contribution is -2.41. The number of para-hydroxylation sites is 1. The summed E-state index contributed by atoms with van der Waals surface area (Å²) in [5.74, 6) is 0.128. The molecule has 7 nitrogen and oxygen atoms in total. The van der Waals surface area contributed by atoms with Crippen molar-refractivity contribution in [1.29, 1.82) is 0 Å². The number of aromatic amines is 1. The second kappa shape index (κ2) is 8.57. The molecule has 1 saturated heterocycles. The fourth-order valence-electron chi connectivity index (χ4n) is 3.74. The summed E-state index contributed by atoms with van der Waals surface area (Å²) in [4.78, 5) is 27.5. The first-order valence-electron chi connectivity index (χ1n) is 10.4. The van der Waals surface area contributed by atoms with Crippen LogP contribution in [0.15, 0.2) is 48.5 Å². The second-order valence-corrected chi connectivity index (χ2v) is 8.02. The van der Waals surface area contributed by atoms with Crippen molar-refractivity contribution in [3.05, 3.63) is 54.2 Å². The topological polar surface area (TPSA) is 90.1 Å². The first kappa shape index (κ1) is 19.9. The van der Waals surface area contributed by atoms with Gasteiger partial charge in [0.2, 0.25) is 5.91 Å². The number of hydrogen-bond acceptors (Lipinski definition) is 4. The number of carbonyl (C=O) groups excluding carboxylic acids is 2. The normalized spacial score (nSPS) is 15.7. The molecule has 4 rings (SSSR count). The van der Waals surface area contributed by atoms with E-state index in [0.717, 1.165) is 29.9 Å². The highest BCUT2D eigenvalue weighted by molar-refractivity contribution is 6.06. The molecule has 0 aliphatic carbocycles. The Balaban J connectivity index is 1.34. The van der Waals surface area contributed by atoms with E-state index in [4.69, 9.17) is 0 Å². The number of fused-ring (bicyclic) bond motifs is 1. The fraction of sp³-hybridized carbons (Fsp3) is 0.348. The van der Waals surface area contributed by atoms with Gasteiger partial charge in [-0.25, -0.2) is 0 Å². The minimum atomic E-state index is -0.698. The Labute approximate surface area is 175 Å². The standard InChI is InChI=1S/C23H27N5O2/c1-15-11-13-28(14-12-15)18-9-7-17(8-10-18)25-22(29)16(2)24-23(30)21-19-5-3-4-6-20(19)26-27-21/h3-10,15-16H,11-14H2,1-2H3,(H,24,30)(H,25,29)(H,26,27). The van der Waals surface area contributed by atoms with E-state index in [1.165, 1.54) is 18.5 Å². The third-order valence-corrected chi connectivity index (χ3v) is 5.71. The minimum absolute atomic E-state index is 0.275. The lowest BCUT2D eigenvalue weighted by molar-refractivity contribution is -0.117. The van der Waals surface area contributed by atoms with Crippen LogP contribution >= 0.6 is 0 Å². The molecular formula is C23H27N5O2. The average Bonchev–Trinajstić information content (AvgIpc) is 3.19. The number of carbonyl (C=O) groups is 2. The van der Waals surface area contributed by atoms with Gasteiger partial charge in [0.15, 0.2) is 5.69 Å². The predicted molar refractivity (Wildman–Crippen MR) is 119 cm³/mol. The number of aromatic nitrogens is 2. The van der Waals surface area contributed by atoms with Crippen LogP contribution in [0.2, 0.25) is 0 Å². The van der Waals surface area contributed by atoms with Gasteiger partial charge in [-0.3, -0.25) is 14.7 Å². The zero-order valence-corrected chi connectivity index (χ0v) is 17.3. The molecule has 0 spiro atoms. The molecule has 0 saturated carbocycles. The second-order valence-electron chi connectivity index (χ2n) is 8.02. The number of nitrogens with one attached hydrogen (secondary N) is 3. The number of anilines is 2. The average molecular weight is 406 g/mol. The van der Waals surface area contributed by atoms with Gasteiger partial charge in [-0.2, -0.15) is 5.10 Å². The Bertz CT molecular complexity index is 1040. The molecule has 3 N–H and O–H groups in total. The number of rotatable bonds is 5. The molecule has 3 aromatic rings. The minimum Gasteiger partial charge on any atom is -0.372 e. The number of piperidine rings is 1. The number of amides is 2. The Morgan fingerprint density at radius 2 is 1.80 bits per heavy atom. The lowest BCUT2D eigenvalue weighted by Gasteiger charge is -2.32. The van der Waals surface area contributed by atoms with E-state index in [-0.39, 0.29) is 17.5 Å². The van der Waals surface area contributed by atoms with Gasteiger partial charge in [0.05, 0.1) is 5.52 Å². The van der Waals surface area contributed by atoms with Crippen LogP contribution in [-0.2, 0) is 4.79 Å². The molecule has 30 heavy (non-hydrogen) atoms. The number of benzene rings is 2. The van der Waals surface area contributed by atoms with Gasteiger partial charge >= 0.3 is 0 Å². The molecule has 1 aromatic heterocycles. The summed E-state index contributed by atoms with van der Waals surface area (Å²) in [7, 11) is 0. The first-order valence-corrected chi connectivity index (χ1v) is 10.4. The molecular weight excluding hydrogens is 378 g/mol. The summed E-state index contributed by atoms with van der Waals surface area (Å²) < 4.78 is 0. The summed E-state index contributed by atoms with van der Waals surface area (Å²) in [5.41, 5.74) is 2.94. The van der Waals surface area contributed by atoms with Crippen molar-refractivity contribution in [2.75, 3.05) is 23.3 Å². The molecule has 1 unspecified atom stereocenters. The Morgan fingerprint density at radius 3 is 2.53 bits per heavy atom. The Hall–Kier alpha value is -3.35. The Kier molecular flexibility index (Phi) is 5.70. The molecule has 1 atom stereocenters. The fourth-order valence-corrected chi connectivity index (χ4v) is 3.74. The first-order chi connectivity index (χ1) is 14.5. The van der Waals surface area contributed by atoms with Crippen molar-refractivity contribution in [2.45, 2.75) is 32.7 Å². The van der Waals surface area contributed by atoms with Crippen LogP contribution < -0.4 is 15.5 Å². The summed E-state index contributed by atoms with van der Waals surface area (Å²) >= 11 is 0. The molecule has 156 valence electrons. The van der Waals surface area contributed by atoms with Gasteiger partial charge in [0.1, 0.15) is 6.04 Å². The summed E-state index contributed by atoms with van der Waals surface area (Å²) in [6.07, 6.45) is 2.42. The molecule has 2 amide bonds. The zero-order valence-electron chi connectivity index (χ0n) is 17.3. The maximum atomic E-state index is 12.6. The van der Waals surface area contributed by atoms with E-state index in [2.05, 4.69) is 32.7 Å². The van der Waals surface area contributed by atoms with E-state index in [0.29, 0.717) is 5.69 Å². The van der Waals surface area contributed by atoms with Crippen LogP contribution in [0.5, 0.6) is 0 Å². The van der Waals surface area contributed by atoms with Crippen molar-refractivity contribution in [2.24, 2.45) is 5.92 Å². The third-order valence-electron chi connectivity index (χ3n) is 5.71. The molecule has 1 fully saturated rings. The number of H-pyrrole nitrogens is 1. The molecule has 2 aromatic carbocycles. The van der Waals surface area contributed by atoms with E-state index in [1.807, 2.05) is 48.5 Å². The van der Waals surface area contributed by atoms with E-state index >= 15 is 0 Å². The maximum absolute atomic E-state index is 12.6. The molecule has 2 heterocycles. The van der Waals surface area contributed by atoms with E-state index in [9.17, 15) is 9.59 Å². The summed E-state index contributed by atoms with van der Waals surface area (Å²) in [6.45, 7) is 6.09. The van der Waals surface area contributed by atoms with Crippen molar-refractivity contribution in [1.82, 2.24) is 15.5 Å². The van der Waals surface area contributed by atoms with E-state index in [1.54, 1.807) is 6.92 Å². The SMILES string of the molecule is CC1CCN(c2ccc(NC(=O)C(C)NC(=O)c3n[nH]c4ccccc34)cc2)CC1. The van der Waals surface area contributed by atoms with Crippen LogP contribution in [0.3, 0.4) is 0 Å². The van der Waals surface area contributed by atoms with Crippen LogP contribution in [0.25, 0.3) is 10.9 Å². The van der Waals surface area contributed by atoms with Gasteiger partial charge in [-0.15, -0.1) is 0 Å². The van der Waals surface area contributed by atoms with Crippen molar-refractivity contribution in [3.63, 3.8) is 0 Å². The van der Waals surface area contributed by atoms with Gasteiger partial charge in [-0.05, 0) is 56.0 Å². The monoisotopic (exact) mass is 405 g/mol. The highest BCUT2D eigenvalue weighted by Gasteiger charge is 2.20. The summed E-state index contributed by atoms with van der Waals surface area (Å²) in [5, 5.41) is 13.2. The van der Waals surface area contributed by atoms with Crippen molar-refractivity contribution in [3.8, 4) is 0 Å². The highest BCUT2D eigenvalue weighted by atomic mass is 16.2. The van der Waals surface area contributed by atoms with Crippen LogP contribution in [0.1, 0.15) is 37.2 Å². The van der Waals surface area contributed by atoms with Gasteiger partial charge in [-0.1, -0.05) is 25.1 Å². The molecule has 0 radical (unpaired) electrons. The van der Waals surface area contributed by atoms with Gasteiger partial charge in [0, 0.05) is 29.9 Å². The van der Waals surface area contributed by atoms with Gasteiger partial charge < -0.3 is 15.5 Å². The highest BCUT2D eigenvalue weighted by Crippen LogP contribution is 2.24. The van der Waals surface area contributed by atoms with Crippen LogP contribution in [0, 0.1) is 5.92 Å². The van der Waals surface area contributed by atoms with Crippen molar-refractivity contribution >= 4 is 34.1 Å². The van der Waals surface area contributed by atoms with Crippen molar-refractivity contribution < 1.29 is 9.59 Å².